The van der Waals surface area contributed by atoms with Gasteiger partial charge < -0.3 is 11.1 Å². The van der Waals surface area contributed by atoms with Gasteiger partial charge in [-0.15, -0.1) is 12.4 Å². The third-order valence-corrected chi connectivity index (χ3v) is 3.47. The Bertz CT molecular complexity index is 488. The van der Waals surface area contributed by atoms with Crippen LogP contribution in [-0.2, 0) is 4.79 Å². The molecule has 0 radical (unpaired) electrons. The number of nitrogens with one attached hydrogen (secondary N) is 1. The predicted molar refractivity (Wildman–Crippen MR) is 78.9 cm³/mol. The molecule has 0 spiro atoms. The SMILES string of the molecule is Cl.NC1CCC(C(=O)Nc2cccc([N+](=O)[O-])c2)CC1. The van der Waals surface area contributed by atoms with Gasteiger partial charge in [0.15, 0.2) is 0 Å². The van der Waals surface area contributed by atoms with Gasteiger partial charge in [0.25, 0.3) is 5.69 Å². The van der Waals surface area contributed by atoms with E-state index in [0.717, 1.165) is 25.7 Å². The maximum absolute atomic E-state index is 12.0. The van der Waals surface area contributed by atoms with Crippen molar-refractivity contribution in [3.63, 3.8) is 0 Å². The molecule has 0 bridgehead atoms. The van der Waals surface area contributed by atoms with Crippen molar-refractivity contribution in [1.82, 2.24) is 0 Å². The van der Waals surface area contributed by atoms with Gasteiger partial charge in [-0.25, -0.2) is 0 Å². The van der Waals surface area contributed by atoms with Gasteiger partial charge >= 0.3 is 0 Å². The number of hydrogen-bond donors (Lipinski definition) is 2. The zero-order valence-electron chi connectivity index (χ0n) is 11.0. The van der Waals surface area contributed by atoms with E-state index in [4.69, 9.17) is 5.73 Å². The molecular formula is C13H18ClN3O3. The Hall–Kier alpha value is -1.66. The molecule has 0 heterocycles. The molecule has 0 aromatic heterocycles. The van der Waals surface area contributed by atoms with Gasteiger partial charge in [0.05, 0.1) is 4.92 Å². The second kappa shape index (κ2) is 7.21. The highest BCUT2D eigenvalue weighted by Crippen LogP contribution is 2.25. The Kier molecular flexibility index (Phi) is 5.91. The first-order valence-electron chi connectivity index (χ1n) is 6.37. The van der Waals surface area contributed by atoms with Crippen LogP contribution in [-0.4, -0.2) is 16.9 Å². The molecule has 0 unspecified atom stereocenters. The van der Waals surface area contributed by atoms with Gasteiger partial charge in [0, 0.05) is 29.8 Å². The van der Waals surface area contributed by atoms with E-state index in [-0.39, 0.29) is 36.0 Å². The summed E-state index contributed by atoms with van der Waals surface area (Å²) < 4.78 is 0. The van der Waals surface area contributed by atoms with Gasteiger partial charge in [0.2, 0.25) is 5.91 Å². The molecule has 7 heteroatoms. The number of benzene rings is 1. The van der Waals surface area contributed by atoms with Crippen LogP contribution < -0.4 is 11.1 Å². The van der Waals surface area contributed by atoms with Crippen molar-refractivity contribution in [3.8, 4) is 0 Å². The molecule has 110 valence electrons. The van der Waals surface area contributed by atoms with E-state index >= 15 is 0 Å². The van der Waals surface area contributed by atoms with E-state index < -0.39 is 4.92 Å². The topological polar surface area (TPSA) is 98.3 Å². The van der Waals surface area contributed by atoms with Crippen molar-refractivity contribution in [2.45, 2.75) is 31.7 Å². The first kappa shape index (κ1) is 16.4. The van der Waals surface area contributed by atoms with Crippen LogP contribution in [0.1, 0.15) is 25.7 Å². The van der Waals surface area contributed by atoms with Crippen LogP contribution >= 0.6 is 12.4 Å². The smallest absolute Gasteiger partial charge is 0.271 e. The molecule has 0 atom stereocenters. The van der Waals surface area contributed by atoms with Crippen LogP contribution in [0.25, 0.3) is 0 Å². The lowest BCUT2D eigenvalue weighted by molar-refractivity contribution is -0.384. The summed E-state index contributed by atoms with van der Waals surface area (Å²) in [7, 11) is 0. The maximum Gasteiger partial charge on any atom is 0.271 e. The number of rotatable bonds is 3. The quantitative estimate of drug-likeness (QED) is 0.661. The summed E-state index contributed by atoms with van der Waals surface area (Å²) in [4.78, 5) is 22.2. The lowest BCUT2D eigenvalue weighted by Crippen LogP contribution is -2.32. The minimum Gasteiger partial charge on any atom is -0.328 e. The number of non-ortho nitro benzene ring substituents is 1. The van der Waals surface area contributed by atoms with Crippen LogP contribution in [0.3, 0.4) is 0 Å². The van der Waals surface area contributed by atoms with Crippen molar-refractivity contribution in [1.29, 1.82) is 0 Å². The highest BCUT2D eigenvalue weighted by Gasteiger charge is 2.24. The number of carbonyl (C=O) groups is 1. The van der Waals surface area contributed by atoms with Crippen molar-refractivity contribution >= 4 is 29.7 Å². The molecule has 3 N–H and O–H groups in total. The van der Waals surface area contributed by atoms with Gasteiger partial charge in [-0.3, -0.25) is 14.9 Å². The first-order valence-corrected chi connectivity index (χ1v) is 6.37. The predicted octanol–water partition coefficient (Wildman–Crippen LogP) is 2.47. The number of nitrogens with zero attached hydrogens (tertiary/aromatic N) is 1. The average molecular weight is 300 g/mol. The number of nitrogens with two attached hydrogens (primary N) is 1. The number of anilines is 1. The van der Waals surface area contributed by atoms with Crippen molar-refractivity contribution in [2.75, 3.05) is 5.32 Å². The molecule has 0 saturated heterocycles. The zero-order chi connectivity index (χ0) is 13.8. The fraction of sp³-hybridized carbons (Fsp3) is 0.462. The Morgan fingerprint density at radius 3 is 2.55 bits per heavy atom. The summed E-state index contributed by atoms with van der Waals surface area (Å²) in [6, 6.07) is 6.17. The van der Waals surface area contributed by atoms with E-state index in [1.807, 2.05) is 0 Å². The Morgan fingerprint density at radius 2 is 1.95 bits per heavy atom. The van der Waals surface area contributed by atoms with Crippen LogP contribution in [0, 0.1) is 16.0 Å². The Balaban J connectivity index is 0.00000200. The Morgan fingerprint density at radius 1 is 1.30 bits per heavy atom. The largest absolute Gasteiger partial charge is 0.328 e. The van der Waals surface area contributed by atoms with E-state index in [9.17, 15) is 14.9 Å². The number of amides is 1. The van der Waals surface area contributed by atoms with Gasteiger partial charge in [-0.1, -0.05) is 6.07 Å². The molecule has 1 amide bonds. The highest BCUT2D eigenvalue weighted by atomic mass is 35.5. The van der Waals surface area contributed by atoms with Crippen molar-refractivity contribution in [2.24, 2.45) is 11.7 Å². The van der Waals surface area contributed by atoms with Gasteiger partial charge in [0.1, 0.15) is 0 Å². The minimum atomic E-state index is -0.477. The second-order valence-corrected chi connectivity index (χ2v) is 4.91. The zero-order valence-corrected chi connectivity index (χ0v) is 11.8. The fourth-order valence-electron chi connectivity index (χ4n) is 2.32. The van der Waals surface area contributed by atoms with Gasteiger partial charge in [-0.05, 0) is 31.7 Å². The molecule has 1 aliphatic rings. The summed E-state index contributed by atoms with van der Waals surface area (Å²) in [5, 5.41) is 13.4. The van der Waals surface area contributed by atoms with Gasteiger partial charge in [-0.2, -0.15) is 0 Å². The standard InChI is InChI=1S/C13H17N3O3.ClH/c14-10-6-4-9(5-7-10)13(17)15-11-2-1-3-12(8-11)16(18)19;/h1-3,8-10H,4-7,14H2,(H,15,17);1H. The number of hydrogen-bond acceptors (Lipinski definition) is 4. The molecule has 2 rings (SSSR count). The van der Waals surface area contributed by atoms with Crippen LogP contribution in [0.15, 0.2) is 24.3 Å². The fourth-order valence-corrected chi connectivity index (χ4v) is 2.32. The highest BCUT2D eigenvalue weighted by molar-refractivity contribution is 5.92. The van der Waals surface area contributed by atoms with Crippen LogP contribution in [0.4, 0.5) is 11.4 Å². The summed E-state index contributed by atoms with van der Waals surface area (Å²) in [6.45, 7) is 0. The van der Waals surface area contributed by atoms with E-state index in [2.05, 4.69) is 5.32 Å². The molecule has 1 aliphatic carbocycles. The lowest BCUT2D eigenvalue weighted by atomic mass is 9.86. The first-order chi connectivity index (χ1) is 9.06. The number of nitro groups is 1. The summed E-state index contributed by atoms with van der Waals surface area (Å²) in [5.74, 6) is -0.119. The Labute approximate surface area is 123 Å². The number of nitro benzene ring substituents is 1. The second-order valence-electron chi connectivity index (χ2n) is 4.91. The average Bonchev–Trinajstić information content (AvgIpc) is 2.39. The number of halogens is 1. The molecule has 1 fully saturated rings. The summed E-state index contributed by atoms with van der Waals surface area (Å²) >= 11 is 0. The molecule has 0 aliphatic heterocycles. The van der Waals surface area contributed by atoms with Crippen molar-refractivity contribution in [3.05, 3.63) is 34.4 Å². The van der Waals surface area contributed by atoms with E-state index in [1.165, 1.54) is 12.1 Å². The van der Waals surface area contributed by atoms with Crippen molar-refractivity contribution < 1.29 is 9.72 Å². The summed E-state index contributed by atoms with van der Waals surface area (Å²) in [6.07, 6.45) is 3.27. The van der Waals surface area contributed by atoms with E-state index in [1.54, 1.807) is 12.1 Å². The monoisotopic (exact) mass is 299 g/mol. The molecule has 1 saturated carbocycles. The minimum absolute atomic E-state index is 0. The normalized spacial score (nSPS) is 21.6. The molecule has 1 aromatic carbocycles. The third kappa shape index (κ3) is 4.18. The maximum atomic E-state index is 12.0. The molecule has 1 aromatic rings. The molecular weight excluding hydrogens is 282 g/mol. The summed E-state index contributed by atoms with van der Waals surface area (Å²) in [5.41, 5.74) is 6.24. The van der Waals surface area contributed by atoms with Crippen LogP contribution in [0.5, 0.6) is 0 Å². The number of carbonyl (C=O) groups excluding carboxylic acids is 1. The molecule has 6 nitrogen and oxygen atoms in total. The molecule has 20 heavy (non-hydrogen) atoms. The lowest BCUT2D eigenvalue weighted by Gasteiger charge is -2.25. The van der Waals surface area contributed by atoms with E-state index in [0.29, 0.717) is 5.69 Å². The third-order valence-electron chi connectivity index (χ3n) is 3.47. The van der Waals surface area contributed by atoms with Crippen LogP contribution in [0.2, 0.25) is 0 Å².